The molecule has 0 aromatic heterocycles. The zero-order valence-corrected chi connectivity index (χ0v) is 27.7. The van der Waals surface area contributed by atoms with Crippen LogP contribution >= 0.6 is 0 Å². The van der Waals surface area contributed by atoms with Crippen LogP contribution in [0, 0.1) is 5.92 Å². The van der Waals surface area contributed by atoms with Gasteiger partial charge in [0, 0.05) is 5.92 Å². The summed E-state index contributed by atoms with van der Waals surface area (Å²) in [5.74, 6) is -2.33. The van der Waals surface area contributed by atoms with Crippen molar-refractivity contribution >= 4 is 18.0 Å². The molecule has 0 spiro atoms. The standard InChI is InChI=1S/C38H55NO6/c1-4-5-6-7-8-9-10-11-12-13-14-15-16-17-26-34(36(40)41)45-37(42)35(28(2)3)39-38(43)44-27-33-31-24-20-18-22-29(31)30-23-19-21-25-32(30)33/h18-25,28,33-35H,4-17,26-27H2,1-3H3,(H,39,43)(H,40,41)/t34?,35-/m0/s1. The predicted octanol–water partition coefficient (Wildman–Crippen LogP) is 9.42. The van der Waals surface area contributed by atoms with Crippen LogP contribution in [0.15, 0.2) is 48.5 Å². The second-order valence-electron chi connectivity index (χ2n) is 12.8. The molecular formula is C38H55NO6. The van der Waals surface area contributed by atoms with Gasteiger partial charge in [0.05, 0.1) is 0 Å². The van der Waals surface area contributed by atoms with Crippen molar-refractivity contribution in [1.29, 1.82) is 0 Å². The molecule has 0 saturated carbocycles. The summed E-state index contributed by atoms with van der Waals surface area (Å²) in [5.41, 5.74) is 4.45. The second-order valence-corrected chi connectivity index (χ2v) is 12.8. The summed E-state index contributed by atoms with van der Waals surface area (Å²) >= 11 is 0. The van der Waals surface area contributed by atoms with Crippen LogP contribution in [0.1, 0.15) is 134 Å². The molecule has 2 N–H and O–H groups in total. The zero-order valence-electron chi connectivity index (χ0n) is 27.7. The third-order valence-electron chi connectivity index (χ3n) is 8.89. The van der Waals surface area contributed by atoms with Crippen molar-refractivity contribution in [3.8, 4) is 11.1 Å². The van der Waals surface area contributed by atoms with Crippen molar-refractivity contribution in [3.05, 3.63) is 59.7 Å². The number of benzene rings is 2. The molecule has 0 saturated heterocycles. The Bertz CT molecular complexity index is 1150. The fraction of sp³-hybridized carbons (Fsp3) is 0.605. The molecule has 248 valence electrons. The molecule has 2 aromatic carbocycles. The van der Waals surface area contributed by atoms with Gasteiger partial charge in [0.15, 0.2) is 6.10 Å². The Balaban J connectivity index is 1.36. The highest BCUT2D eigenvalue weighted by Crippen LogP contribution is 2.44. The summed E-state index contributed by atoms with van der Waals surface area (Å²) in [5, 5.41) is 12.3. The van der Waals surface area contributed by atoms with Gasteiger partial charge in [-0.1, -0.05) is 153 Å². The Labute approximate surface area is 270 Å². The van der Waals surface area contributed by atoms with E-state index < -0.39 is 30.2 Å². The number of carboxylic acid groups (broad SMARTS) is 1. The van der Waals surface area contributed by atoms with Gasteiger partial charge in [-0.2, -0.15) is 0 Å². The highest BCUT2D eigenvalue weighted by Gasteiger charge is 2.32. The lowest BCUT2D eigenvalue weighted by Crippen LogP contribution is -2.47. The van der Waals surface area contributed by atoms with E-state index in [1.54, 1.807) is 13.8 Å². The molecule has 45 heavy (non-hydrogen) atoms. The molecule has 1 unspecified atom stereocenters. The highest BCUT2D eigenvalue weighted by molar-refractivity contribution is 5.84. The molecule has 2 atom stereocenters. The molecule has 0 heterocycles. The lowest BCUT2D eigenvalue weighted by atomic mass is 9.98. The van der Waals surface area contributed by atoms with Crippen LogP contribution in [0.4, 0.5) is 4.79 Å². The number of hydrogen-bond acceptors (Lipinski definition) is 5. The molecule has 0 fully saturated rings. The van der Waals surface area contributed by atoms with E-state index in [1.807, 2.05) is 36.4 Å². The van der Waals surface area contributed by atoms with E-state index in [9.17, 15) is 19.5 Å². The topological polar surface area (TPSA) is 102 Å². The predicted molar refractivity (Wildman–Crippen MR) is 179 cm³/mol. The van der Waals surface area contributed by atoms with E-state index >= 15 is 0 Å². The minimum Gasteiger partial charge on any atom is -0.479 e. The van der Waals surface area contributed by atoms with Crippen LogP contribution < -0.4 is 5.32 Å². The monoisotopic (exact) mass is 621 g/mol. The highest BCUT2D eigenvalue weighted by atomic mass is 16.6. The van der Waals surface area contributed by atoms with Gasteiger partial charge >= 0.3 is 18.0 Å². The van der Waals surface area contributed by atoms with Gasteiger partial charge in [-0.3, -0.25) is 0 Å². The van der Waals surface area contributed by atoms with Gasteiger partial charge in [-0.05, 0) is 41.0 Å². The number of esters is 1. The number of carboxylic acids is 1. The Morgan fingerprint density at radius 1 is 0.733 bits per heavy atom. The molecule has 3 rings (SSSR count). The maximum absolute atomic E-state index is 13.0. The first-order valence-corrected chi connectivity index (χ1v) is 17.4. The molecule has 2 aromatic rings. The number of nitrogens with one attached hydrogen (secondary N) is 1. The lowest BCUT2D eigenvalue weighted by Gasteiger charge is -2.23. The largest absolute Gasteiger partial charge is 0.479 e. The van der Waals surface area contributed by atoms with Crippen LogP contribution in [-0.4, -0.2) is 41.9 Å². The number of carbonyl (C=O) groups is 3. The van der Waals surface area contributed by atoms with Crippen molar-refractivity contribution < 1.29 is 29.0 Å². The van der Waals surface area contributed by atoms with E-state index in [2.05, 4.69) is 24.4 Å². The fourth-order valence-electron chi connectivity index (χ4n) is 6.24. The normalized spacial score (nSPS) is 13.6. The third-order valence-corrected chi connectivity index (χ3v) is 8.89. The maximum Gasteiger partial charge on any atom is 0.407 e. The van der Waals surface area contributed by atoms with Crippen LogP contribution in [0.2, 0.25) is 0 Å². The van der Waals surface area contributed by atoms with Crippen molar-refractivity contribution in [2.75, 3.05) is 6.61 Å². The Kier molecular flexibility index (Phi) is 16.0. The number of hydrogen-bond donors (Lipinski definition) is 2. The summed E-state index contributed by atoms with van der Waals surface area (Å²) in [6, 6.07) is 15.1. The molecule has 7 nitrogen and oxygen atoms in total. The van der Waals surface area contributed by atoms with Crippen LogP contribution in [0.3, 0.4) is 0 Å². The quantitative estimate of drug-likeness (QED) is 0.100. The lowest BCUT2D eigenvalue weighted by molar-refractivity contribution is -0.166. The van der Waals surface area contributed by atoms with Crippen molar-refractivity contribution in [2.24, 2.45) is 5.92 Å². The van der Waals surface area contributed by atoms with Gasteiger partial charge in [0.1, 0.15) is 12.6 Å². The molecule has 0 bridgehead atoms. The number of unbranched alkanes of at least 4 members (excludes halogenated alkanes) is 13. The number of carbonyl (C=O) groups excluding carboxylic acids is 2. The molecule has 0 aliphatic heterocycles. The summed E-state index contributed by atoms with van der Waals surface area (Å²) in [6.07, 6.45) is 15.3. The number of fused-ring (bicyclic) bond motifs is 3. The van der Waals surface area contributed by atoms with Gasteiger partial charge in [-0.25, -0.2) is 14.4 Å². The van der Waals surface area contributed by atoms with Gasteiger partial charge in [-0.15, -0.1) is 0 Å². The Hall–Kier alpha value is -3.35. The Morgan fingerprint density at radius 3 is 1.67 bits per heavy atom. The minimum absolute atomic E-state index is 0.103. The first-order chi connectivity index (χ1) is 21.8. The number of alkyl carbamates (subject to hydrolysis) is 1. The summed E-state index contributed by atoms with van der Waals surface area (Å²) in [7, 11) is 0. The van der Waals surface area contributed by atoms with Crippen LogP contribution in [0.25, 0.3) is 11.1 Å². The van der Waals surface area contributed by atoms with E-state index in [0.717, 1.165) is 41.5 Å². The molecular weight excluding hydrogens is 566 g/mol. The summed E-state index contributed by atoms with van der Waals surface area (Å²) < 4.78 is 11.0. The smallest absolute Gasteiger partial charge is 0.407 e. The fourth-order valence-corrected chi connectivity index (χ4v) is 6.24. The molecule has 1 aliphatic carbocycles. The van der Waals surface area contributed by atoms with E-state index in [-0.39, 0.29) is 24.9 Å². The van der Waals surface area contributed by atoms with E-state index in [1.165, 1.54) is 64.2 Å². The number of amides is 1. The molecule has 0 radical (unpaired) electrons. The van der Waals surface area contributed by atoms with Crippen molar-refractivity contribution in [2.45, 2.75) is 135 Å². The maximum atomic E-state index is 13.0. The molecule has 7 heteroatoms. The number of ether oxygens (including phenoxy) is 2. The average molecular weight is 622 g/mol. The number of aliphatic carboxylic acids is 1. The van der Waals surface area contributed by atoms with Gasteiger partial charge < -0.3 is 19.9 Å². The van der Waals surface area contributed by atoms with Crippen LogP contribution in [-0.2, 0) is 19.1 Å². The Morgan fingerprint density at radius 2 is 1.20 bits per heavy atom. The minimum atomic E-state index is -1.24. The zero-order chi connectivity index (χ0) is 32.4. The van der Waals surface area contributed by atoms with Gasteiger partial charge in [0.2, 0.25) is 0 Å². The van der Waals surface area contributed by atoms with Crippen molar-refractivity contribution in [1.82, 2.24) is 5.32 Å². The summed E-state index contributed by atoms with van der Waals surface area (Å²) in [6.45, 7) is 5.92. The SMILES string of the molecule is CCCCCCCCCCCCCCCCC(OC(=O)[C@@H](NC(=O)OCC1c2ccccc2-c2ccccc21)C(C)C)C(=O)O. The molecule has 1 aliphatic rings. The first kappa shape index (κ1) is 36.1. The summed E-state index contributed by atoms with van der Waals surface area (Å²) in [4.78, 5) is 37.7. The number of rotatable bonds is 22. The van der Waals surface area contributed by atoms with Gasteiger partial charge in [0.25, 0.3) is 0 Å². The second kappa shape index (κ2) is 19.9. The van der Waals surface area contributed by atoms with E-state index in [0.29, 0.717) is 6.42 Å². The van der Waals surface area contributed by atoms with Crippen molar-refractivity contribution in [3.63, 3.8) is 0 Å². The van der Waals surface area contributed by atoms with E-state index in [4.69, 9.17) is 9.47 Å². The first-order valence-electron chi connectivity index (χ1n) is 17.4. The average Bonchev–Trinajstić information content (AvgIpc) is 3.35. The van der Waals surface area contributed by atoms with Crippen LogP contribution in [0.5, 0.6) is 0 Å². The third kappa shape index (κ3) is 11.8. The molecule has 1 amide bonds.